The van der Waals surface area contributed by atoms with Crippen LogP contribution in [0.5, 0.6) is 0 Å². The maximum absolute atomic E-state index is 11.9. The van der Waals surface area contributed by atoms with Crippen LogP contribution in [0.2, 0.25) is 0 Å². The van der Waals surface area contributed by atoms with E-state index in [1.807, 2.05) is 37.4 Å². The Morgan fingerprint density at radius 1 is 0.909 bits per heavy atom. The number of pyridine rings is 1. The highest BCUT2D eigenvalue weighted by atomic mass is 19.4. The molecule has 33 heavy (non-hydrogen) atoms. The number of carbonyl (C=O) groups excluding carboxylic acids is 1. The SMILES string of the molecule is C/C(=C\c1cnc(C)cc1C)c1ccc(C(=O)N(C)C)cc1.Cc1ccc(C(F)(F)F)cc1. The van der Waals surface area contributed by atoms with Crippen molar-refractivity contribution in [1.29, 1.82) is 0 Å². The van der Waals surface area contributed by atoms with Gasteiger partial charge in [-0.15, -0.1) is 0 Å². The first-order chi connectivity index (χ1) is 15.4. The lowest BCUT2D eigenvalue weighted by atomic mass is 10.0. The van der Waals surface area contributed by atoms with Gasteiger partial charge < -0.3 is 4.90 Å². The van der Waals surface area contributed by atoms with E-state index >= 15 is 0 Å². The number of aromatic nitrogens is 1. The van der Waals surface area contributed by atoms with E-state index in [-0.39, 0.29) is 5.91 Å². The quantitative estimate of drug-likeness (QED) is 0.428. The maximum atomic E-state index is 11.9. The summed E-state index contributed by atoms with van der Waals surface area (Å²) >= 11 is 0. The number of allylic oxidation sites excluding steroid dienone is 1. The third-order valence-electron chi connectivity index (χ3n) is 5.03. The van der Waals surface area contributed by atoms with Crippen LogP contribution in [0.15, 0.2) is 60.8 Å². The number of hydrogen-bond donors (Lipinski definition) is 0. The number of nitrogens with zero attached hydrogens (tertiary/aromatic N) is 2. The molecule has 2 aromatic carbocycles. The van der Waals surface area contributed by atoms with Crippen LogP contribution in [0, 0.1) is 20.8 Å². The van der Waals surface area contributed by atoms with Gasteiger partial charge in [0.25, 0.3) is 5.91 Å². The summed E-state index contributed by atoms with van der Waals surface area (Å²) in [6, 6.07) is 14.8. The highest BCUT2D eigenvalue weighted by Gasteiger charge is 2.29. The topological polar surface area (TPSA) is 33.2 Å². The Hall–Kier alpha value is -3.41. The second-order valence-corrected chi connectivity index (χ2v) is 8.15. The van der Waals surface area contributed by atoms with Gasteiger partial charge in [0.2, 0.25) is 0 Å². The zero-order valence-corrected chi connectivity index (χ0v) is 19.8. The number of carbonyl (C=O) groups is 1. The van der Waals surface area contributed by atoms with Crippen LogP contribution in [0.3, 0.4) is 0 Å². The summed E-state index contributed by atoms with van der Waals surface area (Å²) in [4.78, 5) is 17.8. The summed E-state index contributed by atoms with van der Waals surface area (Å²) in [6.45, 7) is 7.91. The van der Waals surface area contributed by atoms with Crippen molar-refractivity contribution in [3.05, 3.63) is 99.9 Å². The molecule has 0 saturated carbocycles. The molecule has 0 N–H and O–H groups in total. The monoisotopic (exact) mass is 454 g/mol. The molecule has 0 atom stereocenters. The van der Waals surface area contributed by atoms with Gasteiger partial charge in [0.1, 0.15) is 0 Å². The minimum atomic E-state index is -4.21. The summed E-state index contributed by atoms with van der Waals surface area (Å²) in [7, 11) is 3.52. The van der Waals surface area contributed by atoms with E-state index < -0.39 is 11.7 Å². The highest BCUT2D eigenvalue weighted by molar-refractivity contribution is 5.94. The summed E-state index contributed by atoms with van der Waals surface area (Å²) in [6.07, 6.45) is -0.184. The predicted octanol–water partition coefficient (Wildman–Crippen LogP) is 6.97. The predicted molar refractivity (Wildman–Crippen MR) is 128 cm³/mol. The number of alkyl halides is 3. The van der Waals surface area contributed by atoms with Crippen LogP contribution in [-0.2, 0) is 6.18 Å². The van der Waals surface area contributed by atoms with Gasteiger partial charge in [-0.05, 0) is 86.4 Å². The summed E-state index contributed by atoms with van der Waals surface area (Å²) < 4.78 is 35.8. The molecule has 0 aliphatic heterocycles. The molecule has 0 unspecified atom stereocenters. The molecule has 0 aliphatic rings. The molecule has 1 heterocycles. The Labute approximate surface area is 193 Å². The zero-order valence-electron chi connectivity index (χ0n) is 19.8. The van der Waals surface area contributed by atoms with Crippen LogP contribution < -0.4 is 0 Å². The van der Waals surface area contributed by atoms with Crippen LogP contribution in [0.25, 0.3) is 11.6 Å². The van der Waals surface area contributed by atoms with Crippen molar-refractivity contribution in [2.45, 2.75) is 33.9 Å². The van der Waals surface area contributed by atoms with Crippen molar-refractivity contribution < 1.29 is 18.0 Å². The van der Waals surface area contributed by atoms with Gasteiger partial charge in [-0.25, -0.2) is 0 Å². The van der Waals surface area contributed by atoms with E-state index in [0.717, 1.165) is 40.1 Å². The molecule has 3 aromatic rings. The lowest BCUT2D eigenvalue weighted by molar-refractivity contribution is -0.137. The standard InChI is InChI=1S/C19H22N2O.C8H7F3/c1-13-10-15(3)20-12-18(13)11-14(2)16-6-8-17(9-7-16)19(22)21(4)5;1-6-2-4-7(5-3-6)8(9,10)11/h6-12H,1-5H3;2-5H,1H3/b14-11+;. The molecule has 0 fully saturated rings. The minimum absolute atomic E-state index is 0.0201. The van der Waals surface area contributed by atoms with Crippen molar-refractivity contribution in [1.82, 2.24) is 9.88 Å². The van der Waals surface area contributed by atoms with Crippen molar-refractivity contribution >= 4 is 17.6 Å². The van der Waals surface area contributed by atoms with Gasteiger partial charge in [0.15, 0.2) is 0 Å². The van der Waals surface area contributed by atoms with E-state index in [1.54, 1.807) is 25.9 Å². The number of benzene rings is 2. The fraction of sp³-hybridized carbons (Fsp3) is 0.259. The van der Waals surface area contributed by atoms with E-state index in [4.69, 9.17) is 0 Å². The average molecular weight is 455 g/mol. The molecule has 0 aliphatic carbocycles. The van der Waals surface area contributed by atoms with Gasteiger partial charge in [-0.2, -0.15) is 13.2 Å². The Kier molecular flexibility index (Phi) is 8.57. The molecule has 0 saturated heterocycles. The van der Waals surface area contributed by atoms with E-state index in [0.29, 0.717) is 5.56 Å². The Morgan fingerprint density at radius 3 is 1.94 bits per heavy atom. The Bertz CT molecular complexity index is 1110. The molecule has 0 bridgehead atoms. The maximum Gasteiger partial charge on any atom is 0.416 e. The van der Waals surface area contributed by atoms with Gasteiger partial charge in [0, 0.05) is 31.5 Å². The van der Waals surface area contributed by atoms with Gasteiger partial charge in [-0.1, -0.05) is 29.8 Å². The molecule has 0 radical (unpaired) electrons. The molecule has 1 amide bonds. The number of aryl methyl sites for hydroxylation is 3. The van der Waals surface area contributed by atoms with Crippen LogP contribution in [0.1, 0.15) is 50.8 Å². The van der Waals surface area contributed by atoms with Crippen molar-refractivity contribution in [2.75, 3.05) is 14.1 Å². The fourth-order valence-corrected chi connectivity index (χ4v) is 3.05. The Balaban J connectivity index is 0.000000294. The van der Waals surface area contributed by atoms with Gasteiger partial charge >= 0.3 is 6.18 Å². The first kappa shape index (κ1) is 25.8. The summed E-state index contributed by atoms with van der Waals surface area (Å²) in [5, 5.41) is 0. The summed E-state index contributed by atoms with van der Waals surface area (Å²) in [5.74, 6) is 0.0201. The zero-order chi connectivity index (χ0) is 24.8. The number of hydrogen-bond acceptors (Lipinski definition) is 2. The molecule has 6 heteroatoms. The van der Waals surface area contributed by atoms with Crippen molar-refractivity contribution in [3.8, 4) is 0 Å². The molecule has 0 spiro atoms. The lowest BCUT2D eigenvalue weighted by Gasteiger charge is -2.11. The second kappa shape index (κ2) is 10.9. The molecule has 3 rings (SSSR count). The lowest BCUT2D eigenvalue weighted by Crippen LogP contribution is -2.21. The number of rotatable bonds is 3. The third kappa shape index (κ3) is 7.59. The third-order valence-corrected chi connectivity index (χ3v) is 5.03. The summed E-state index contributed by atoms with van der Waals surface area (Å²) in [5.41, 5.74) is 6.56. The second-order valence-electron chi connectivity index (χ2n) is 8.15. The van der Waals surface area contributed by atoms with Gasteiger partial charge in [0.05, 0.1) is 5.56 Å². The molecular weight excluding hydrogens is 425 g/mol. The van der Waals surface area contributed by atoms with Gasteiger partial charge in [-0.3, -0.25) is 9.78 Å². The van der Waals surface area contributed by atoms with Crippen LogP contribution >= 0.6 is 0 Å². The molecular formula is C27H29F3N2O. The fourth-order valence-electron chi connectivity index (χ4n) is 3.05. The highest BCUT2D eigenvalue weighted by Crippen LogP contribution is 2.28. The first-order valence-corrected chi connectivity index (χ1v) is 10.5. The normalized spacial score (nSPS) is 11.5. The van der Waals surface area contributed by atoms with Crippen LogP contribution in [-0.4, -0.2) is 29.9 Å². The largest absolute Gasteiger partial charge is 0.416 e. The minimum Gasteiger partial charge on any atom is -0.345 e. The van der Waals surface area contributed by atoms with E-state index in [2.05, 4.69) is 31.0 Å². The van der Waals surface area contributed by atoms with E-state index in [1.165, 1.54) is 17.7 Å². The van der Waals surface area contributed by atoms with Crippen LogP contribution in [0.4, 0.5) is 13.2 Å². The average Bonchev–Trinajstić information content (AvgIpc) is 2.75. The Morgan fingerprint density at radius 2 is 1.45 bits per heavy atom. The van der Waals surface area contributed by atoms with Crippen molar-refractivity contribution in [2.24, 2.45) is 0 Å². The first-order valence-electron chi connectivity index (χ1n) is 10.5. The number of halogens is 3. The smallest absolute Gasteiger partial charge is 0.345 e. The number of amides is 1. The molecule has 3 nitrogen and oxygen atoms in total. The van der Waals surface area contributed by atoms with E-state index in [9.17, 15) is 18.0 Å². The molecule has 174 valence electrons. The van der Waals surface area contributed by atoms with Crippen molar-refractivity contribution in [3.63, 3.8) is 0 Å². The molecule has 1 aromatic heterocycles.